The van der Waals surface area contributed by atoms with Crippen LogP contribution in [0.15, 0.2) is 12.4 Å². The Bertz CT molecular complexity index is 422. The first-order valence-electron chi connectivity index (χ1n) is 11.9. The first-order chi connectivity index (χ1) is 12.8. The fourth-order valence-corrected chi connectivity index (χ4v) is 3.89. The van der Waals surface area contributed by atoms with Crippen LogP contribution in [0.3, 0.4) is 0 Å². The molecule has 1 aromatic heterocycles. The van der Waals surface area contributed by atoms with Gasteiger partial charge in [-0.15, -0.1) is 0 Å². The van der Waals surface area contributed by atoms with Gasteiger partial charge in [0, 0.05) is 6.42 Å². The van der Waals surface area contributed by atoms with Crippen molar-refractivity contribution in [3.05, 3.63) is 18.2 Å². The van der Waals surface area contributed by atoms with E-state index in [1.54, 1.807) is 5.82 Å². The van der Waals surface area contributed by atoms with Crippen LogP contribution in [0.4, 0.5) is 0 Å². The molecule has 0 aliphatic carbocycles. The molecule has 0 aliphatic heterocycles. The van der Waals surface area contributed by atoms with E-state index >= 15 is 0 Å². The van der Waals surface area contributed by atoms with Gasteiger partial charge in [-0.1, -0.05) is 85.0 Å². The molecule has 0 fully saturated rings. The van der Waals surface area contributed by atoms with Gasteiger partial charge in [-0.05, 0) is 32.1 Å². The Balaban J connectivity index is 2.24. The molecule has 152 valence electrons. The predicted octanol–water partition coefficient (Wildman–Crippen LogP) is 7.23. The Kier molecular flexibility index (Phi) is 14.7. The van der Waals surface area contributed by atoms with Crippen molar-refractivity contribution >= 4 is 0 Å². The van der Waals surface area contributed by atoms with Crippen LogP contribution in [0.5, 0.6) is 0 Å². The van der Waals surface area contributed by atoms with E-state index in [1.165, 1.54) is 116 Å². The Morgan fingerprint density at radius 3 is 1.77 bits per heavy atom. The van der Waals surface area contributed by atoms with Crippen LogP contribution in [-0.4, -0.2) is 4.57 Å². The van der Waals surface area contributed by atoms with Crippen LogP contribution in [0, 0.1) is 0 Å². The fraction of sp³-hybridized carbons (Fsp3) is 0.875. The van der Waals surface area contributed by atoms with E-state index in [9.17, 15) is 0 Å². The highest BCUT2D eigenvalue weighted by Gasteiger charge is 2.15. The molecule has 0 amide bonds. The monoisotopic (exact) mass is 363 g/mol. The summed E-state index contributed by atoms with van der Waals surface area (Å²) in [5.41, 5.74) is 0. The summed E-state index contributed by atoms with van der Waals surface area (Å²) in [4.78, 5) is 0. The summed E-state index contributed by atoms with van der Waals surface area (Å²) < 4.78 is 5.07. The topological polar surface area (TPSA) is 8.81 Å². The van der Waals surface area contributed by atoms with Crippen molar-refractivity contribution in [1.29, 1.82) is 0 Å². The molecule has 1 heterocycles. The Morgan fingerprint density at radius 2 is 1.19 bits per heavy atom. The zero-order valence-corrected chi connectivity index (χ0v) is 18.3. The molecule has 2 heteroatoms. The van der Waals surface area contributed by atoms with Gasteiger partial charge in [0.25, 0.3) is 5.82 Å². The molecule has 0 radical (unpaired) electrons. The highest BCUT2D eigenvalue weighted by molar-refractivity contribution is 4.84. The van der Waals surface area contributed by atoms with Crippen molar-refractivity contribution in [2.24, 2.45) is 0 Å². The van der Waals surface area contributed by atoms with E-state index in [1.807, 2.05) is 0 Å². The van der Waals surface area contributed by atoms with E-state index in [4.69, 9.17) is 0 Å². The number of aryl methyl sites for hydroxylation is 2. The summed E-state index contributed by atoms with van der Waals surface area (Å²) in [5.74, 6) is 1.56. The number of aromatic nitrogens is 2. The van der Waals surface area contributed by atoms with Gasteiger partial charge in [-0.2, -0.15) is 0 Å². The minimum Gasteiger partial charge on any atom is -0.234 e. The second kappa shape index (κ2) is 16.4. The first kappa shape index (κ1) is 23.2. The Morgan fingerprint density at radius 1 is 0.654 bits per heavy atom. The lowest BCUT2D eigenvalue weighted by atomic mass is 10.1. The van der Waals surface area contributed by atoms with E-state index in [0.717, 1.165) is 0 Å². The van der Waals surface area contributed by atoms with Gasteiger partial charge in [-0.3, -0.25) is 0 Å². The molecule has 2 nitrogen and oxygen atoms in total. The average Bonchev–Trinajstić information content (AvgIpc) is 3.02. The number of rotatable bonds is 18. The lowest BCUT2D eigenvalue weighted by Crippen LogP contribution is -2.37. The van der Waals surface area contributed by atoms with Crippen molar-refractivity contribution in [2.75, 3.05) is 0 Å². The van der Waals surface area contributed by atoms with Gasteiger partial charge in [0.2, 0.25) is 0 Å². The van der Waals surface area contributed by atoms with Gasteiger partial charge < -0.3 is 0 Å². The third kappa shape index (κ3) is 10.4. The van der Waals surface area contributed by atoms with E-state index in [2.05, 4.69) is 42.3 Å². The normalized spacial score (nSPS) is 11.3. The van der Waals surface area contributed by atoms with Crippen molar-refractivity contribution < 1.29 is 4.57 Å². The van der Waals surface area contributed by atoms with Crippen LogP contribution >= 0.6 is 0 Å². The van der Waals surface area contributed by atoms with Crippen LogP contribution in [0.1, 0.15) is 123 Å². The highest BCUT2D eigenvalue weighted by atomic mass is 15.1. The summed E-state index contributed by atoms with van der Waals surface area (Å²) >= 11 is 0. The molecule has 0 atom stereocenters. The average molecular weight is 364 g/mol. The number of hydrogen-bond acceptors (Lipinski definition) is 0. The van der Waals surface area contributed by atoms with Crippen LogP contribution < -0.4 is 4.57 Å². The molecule has 0 bridgehead atoms. The number of unbranched alkanes of at least 4 members (excludes halogenated alkanes) is 12. The predicted molar refractivity (Wildman–Crippen MR) is 115 cm³/mol. The lowest BCUT2D eigenvalue weighted by Gasteiger charge is -2.05. The smallest absolute Gasteiger partial charge is 0.234 e. The highest BCUT2D eigenvalue weighted by Crippen LogP contribution is 2.11. The summed E-state index contributed by atoms with van der Waals surface area (Å²) in [5, 5.41) is 0. The van der Waals surface area contributed by atoms with Gasteiger partial charge >= 0.3 is 0 Å². The van der Waals surface area contributed by atoms with Crippen molar-refractivity contribution in [1.82, 2.24) is 4.57 Å². The van der Waals surface area contributed by atoms with Crippen molar-refractivity contribution in [3.63, 3.8) is 0 Å². The molecule has 0 aromatic carbocycles. The number of nitrogens with zero attached hydrogens (tertiary/aromatic N) is 2. The quantitative estimate of drug-likeness (QED) is 0.192. The van der Waals surface area contributed by atoms with Gasteiger partial charge in [0.15, 0.2) is 0 Å². The fourth-order valence-electron chi connectivity index (χ4n) is 3.89. The minimum atomic E-state index is 1.21. The van der Waals surface area contributed by atoms with Gasteiger partial charge in [-0.25, -0.2) is 9.13 Å². The maximum absolute atomic E-state index is 2.54. The molecule has 1 aromatic rings. The maximum atomic E-state index is 2.54. The van der Waals surface area contributed by atoms with E-state index < -0.39 is 0 Å². The largest absolute Gasteiger partial charge is 0.256 e. The minimum absolute atomic E-state index is 1.21. The summed E-state index contributed by atoms with van der Waals surface area (Å²) in [7, 11) is 0. The number of hydrogen-bond donors (Lipinski definition) is 0. The van der Waals surface area contributed by atoms with Gasteiger partial charge in [0.05, 0.1) is 13.1 Å². The molecule has 0 saturated heterocycles. The summed E-state index contributed by atoms with van der Waals surface area (Å²) in [6, 6.07) is 0. The van der Waals surface area contributed by atoms with Crippen LogP contribution in [0.2, 0.25) is 0 Å². The maximum Gasteiger partial charge on any atom is 0.256 e. The number of imidazole rings is 1. The van der Waals surface area contributed by atoms with Crippen LogP contribution in [-0.2, 0) is 19.5 Å². The SMILES string of the molecule is CCCCCCCCCCCn1cc[n+](CCCCCCC)c1CCC. The second-order valence-electron chi connectivity index (χ2n) is 8.09. The van der Waals surface area contributed by atoms with E-state index in [0.29, 0.717) is 0 Å². The van der Waals surface area contributed by atoms with E-state index in [-0.39, 0.29) is 0 Å². The van der Waals surface area contributed by atoms with Crippen molar-refractivity contribution in [3.8, 4) is 0 Å². The standard InChI is InChI=1S/C24H47N2/c1-4-7-9-11-12-13-14-16-18-21-26-23-22-25(24(26)19-6-3)20-17-15-10-8-5-2/h22-23H,4-21H2,1-3H3/q+1. The molecule has 0 spiro atoms. The first-order valence-corrected chi connectivity index (χ1v) is 11.9. The van der Waals surface area contributed by atoms with Gasteiger partial charge in [0.1, 0.15) is 12.4 Å². The molecule has 1 rings (SSSR count). The van der Waals surface area contributed by atoms with Crippen LogP contribution in [0.25, 0.3) is 0 Å². The molecular weight excluding hydrogens is 316 g/mol. The summed E-state index contributed by atoms with van der Waals surface area (Å²) in [6.45, 7) is 9.32. The Labute approximate surface area is 164 Å². The third-order valence-electron chi connectivity index (χ3n) is 5.57. The Hall–Kier alpha value is -0.790. The summed E-state index contributed by atoms with van der Waals surface area (Å²) in [6.07, 6.45) is 26.7. The molecular formula is C24H47N2+. The molecule has 0 N–H and O–H groups in total. The molecule has 0 saturated carbocycles. The lowest BCUT2D eigenvalue weighted by molar-refractivity contribution is -0.704. The molecule has 0 unspecified atom stereocenters. The molecule has 26 heavy (non-hydrogen) atoms. The third-order valence-corrected chi connectivity index (χ3v) is 5.57. The zero-order valence-electron chi connectivity index (χ0n) is 18.3. The zero-order chi connectivity index (χ0) is 18.9. The van der Waals surface area contributed by atoms with Crippen molar-refractivity contribution in [2.45, 2.75) is 137 Å². The molecule has 0 aliphatic rings. The second-order valence-corrected chi connectivity index (χ2v) is 8.09.